The number of hydrogen-bond donors (Lipinski definition) is 0. The van der Waals surface area contributed by atoms with Gasteiger partial charge in [0, 0.05) is 25.1 Å². The number of nitrogens with zero attached hydrogens (tertiary/aromatic N) is 2. The molecular formula is C16H18N2O4. The fraction of sp³-hybridized carbons (Fsp3) is 0.438. The zero-order chi connectivity index (χ0) is 15.7. The quantitative estimate of drug-likeness (QED) is 0.485. The summed E-state index contributed by atoms with van der Waals surface area (Å²) in [5, 5.41) is 11.2. The van der Waals surface area contributed by atoms with E-state index in [1.165, 1.54) is 6.07 Å². The molecule has 4 rings (SSSR count). The molecule has 6 nitrogen and oxygen atoms in total. The molecule has 0 unspecified atom stereocenters. The summed E-state index contributed by atoms with van der Waals surface area (Å²) < 4.78 is 5.27. The number of hydrogen-bond acceptors (Lipinski definition) is 5. The third-order valence-electron chi connectivity index (χ3n) is 4.24. The molecule has 0 radical (unpaired) electrons. The van der Waals surface area contributed by atoms with E-state index in [2.05, 4.69) is 4.90 Å². The number of benzene rings is 1. The highest BCUT2D eigenvalue weighted by molar-refractivity contribution is 6.02. The topological polar surface area (TPSA) is 72.7 Å². The van der Waals surface area contributed by atoms with Crippen molar-refractivity contribution in [2.24, 2.45) is 5.92 Å². The Balaban J connectivity index is 1.95. The van der Waals surface area contributed by atoms with Crippen molar-refractivity contribution in [3.63, 3.8) is 0 Å². The Labute approximate surface area is 128 Å². The number of ketones is 1. The number of allylic oxidation sites excluding steroid dienone is 1. The molecule has 3 heterocycles. The maximum Gasteiger partial charge on any atom is 0.311 e. The van der Waals surface area contributed by atoms with Crippen LogP contribution in [-0.4, -0.2) is 35.3 Å². The van der Waals surface area contributed by atoms with Gasteiger partial charge in [-0.15, -0.1) is 0 Å². The van der Waals surface area contributed by atoms with Gasteiger partial charge in [0.25, 0.3) is 0 Å². The van der Waals surface area contributed by atoms with Gasteiger partial charge in [0.05, 0.1) is 17.2 Å². The average molecular weight is 302 g/mol. The van der Waals surface area contributed by atoms with Gasteiger partial charge in [-0.05, 0) is 37.5 Å². The van der Waals surface area contributed by atoms with E-state index in [9.17, 15) is 14.9 Å². The van der Waals surface area contributed by atoms with Crippen molar-refractivity contribution in [3.05, 3.63) is 39.6 Å². The van der Waals surface area contributed by atoms with E-state index in [1.54, 1.807) is 25.1 Å². The van der Waals surface area contributed by atoms with Crippen LogP contribution in [0.2, 0.25) is 0 Å². The number of carbonyl (C=O) groups excluding carboxylic acids is 1. The lowest BCUT2D eigenvalue weighted by Gasteiger charge is -2.41. The van der Waals surface area contributed by atoms with Gasteiger partial charge in [0.1, 0.15) is 0 Å². The maximum absolute atomic E-state index is 12.3. The fourth-order valence-corrected chi connectivity index (χ4v) is 3.11. The number of Topliss-reactive ketones (excluding diaryl/α,β-unsaturated/α-hetero) is 1. The van der Waals surface area contributed by atoms with Crippen LogP contribution >= 0.6 is 0 Å². The second-order valence-electron chi connectivity index (χ2n) is 5.57. The molecule has 3 saturated heterocycles. The zero-order valence-electron chi connectivity index (χ0n) is 12.4. The van der Waals surface area contributed by atoms with Gasteiger partial charge in [-0.2, -0.15) is 0 Å². The number of piperidine rings is 3. The van der Waals surface area contributed by atoms with Gasteiger partial charge in [0.2, 0.25) is 0 Å². The predicted molar refractivity (Wildman–Crippen MR) is 81.5 cm³/mol. The van der Waals surface area contributed by atoms with Crippen LogP contribution in [0.3, 0.4) is 0 Å². The Hall–Kier alpha value is -2.37. The van der Waals surface area contributed by atoms with E-state index < -0.39 is 4.92 Å². The normalized spacial score (nSPS) is 19.8. The maximum atomic E-state index is 12.3. The fourth-order valence-electron chi connectivity index (χ4n) is 3.11. The van der Waals surface area contributed by atoms with E-state index in [0.29, 0.717) is 17.9 Å². The highest BCUT2D eigenvalue weighted by atomic mass is 16.6. The number of nitro groups is 1. The molecule has 0 aromatic heterocycles. The summed E-state index contributed by atoms with van der Waals surface area (Å²) >= 11 is 0. The van der Waals surface area contributed by atoms with Crippen molar-refractivity contribution in [2.45, 2.75) is 19.8 Å². The van der Waals surface area contributed by atoms with Crippen LogP contribution < -0.4 is 4.74 Å². The van der Waals surface area contributed by atoms with Crippen molar-refractivity contribution in [3.8, 4) is 5.75 Å². The molecule has 3 fully saturated rings. The molecule has 2 bridgehead atoms. The highest BCUT2D eigenvalue weighted by Crippen LogP contribution is 2.34. The van der Waals surface area contributed by atoms with E-state index >= 15 is 0 Å². The summed E-state index contributed by atoms with van der Waals surface area (Å²) in [6, 6.07) is 4.81. The van der Waals surface area contributed by atoms with Crippen molar-refractivity contribution in [1.29, 1.82) is 0 Å². The van der Waals surface area contributed by atoms with Gasteiger partial charge in [-0.25, -0.2) is 0 Å². The number of fused-ring (bicyclic) bond motifs is 3. The van der Waals surface area contributed by atoms with Crippen LogP contribution in [0.1, 0.15) is 25.3 Å². The van der Waals surface area contributed by atoms with E-state index in [-0.39, 0.29) is 23.1 Å². The molecular weight excluding hydrogens is 284 g/mol. The van der Waals surface area contributed by atoms with Crippen LogP contribution in [0.5, 0.6) is 5.75 Å². The van der Waals surface area contributed by atoms with Crippen LogP contribution in [0.15, 0.2) is 23.9 Å². The van der Waals surface area contributed by atoms with Crippen LogP contribution in [0, 0.1) is 16.0 Å². The molecule has 22 heavy (non-hydrogen) atoms. The molecule has 0 saturated carbocycles. The third-order valence-corrected chi connectivity index (χ3v) is 4.24. The largest absolute Gasteiger partial charge is 0.487 e. The second kappa shape index (κ2) is 5.79. The summed E-state index contributed by atoms with van der Waals surface area (Å²) in [6.45, 7) is 3.93. The van der Waals surface area contributed by atoms with Crippen LogP contribution in [0.25, 0.3) is 6.08 Å². The standard InChI is InChI=1S/C16H18N2O4/c1-2-22-15-4-3-11(9-13(15)18(20)21)10-14-16(19)12-5-7-17(14)8-6-12/h3-4,9-10,12H,2,5-8H2,1H3/b14-10-. The van der Waals surface area contributed by atoms with Gasteiger partial charge in [-0.1, -0.05) is 6.07 Å². The molecule has 3 aliphatic rings. The Bertz CT molecular complexity index is 646. The summed E-state index contributed by atoms with van der Waals surface area (Å²) in [5.74, 6) is 0.536. The Kier molecular flexibility index (Phi) is 3.83. The van der Waals surface area contributed by atoms with Crippen molar-refractivity contribution < 1.29 is 14.5 Å². The Morgan fingerprint density at radius 3 is 2.73 bits per heavy atom. The number of rotatable bonds is 4. The Morgan fingerprint density at radius 1 is 1.41 bits per heavy atom. The SMILES string of the molecule is CCOc1ccc(/C=C2/C(=O)C3CCN2CC3)cc1[N+](=O)[O-]. The smallest absolute Gasteiger partial charge is 0.311 e. The van der Waals surface area contributed by atoms with E-state index in [4.69, 9.17) is 4.74 Å². The lowest BCUT2D eigenvalue weighted by molar-refractivity contribution is -0.385. The molecule has 0 N–H and O–H groups in total. The zero-order valence-corrected chi connectivity index (χ0v) is 12.4. The first-order valence-corrected chi connectivity index (χ1v) is 7.52. The second-order valence-corrected chi connectivity index (χ2v) is 5.57. The van der Waals surface area contributed by atoms with Gasteiger partial charge >= 0.3 is 5.69 Å². The minimum atomic E-state index is -0.456. The van der Waals surface area contributed by atoms with E-state index in [0.717, 1.165) is 25.9 Å². The minimum Gasteiger partial charge on any atom is -0.487 e. The first kappa shape index (κ1) is 14.6. The lowest BCUT2D eigenvalue weighted by atomic mass is 9.84. The number of carbonyl (C=O) groups is 1. The van der Waals surface area contributed by atoms with Gasteiger partial charge in [0.15, 0.2) is 11.5 Å². The summed E-state index contributed by atoms with van der Waals surface area (Å²) in [5.41, 5.74) is 1.27. The van der Waals surface area contributed by atoms with Crippen molar-refractivity contribution >= 4 is 17.5 Å². The molecule has 1 aromatic rings. The first-order chi connectivity index (χ1) is 10.6. The third kappa shape index (κ3) is 2.56. The molecule has 0 aliphatic carbocycles. The lowest BCUT2D eigenvalue weighted by Crippen LogP contribution is -2.45. The van der Waals surface area contributed by atoms with Gasteiger partial charge in [-0.3, -0.25) is 14.9 Å². The predicted octanol–water partition coefficient (Wildman–Crippen LogP) is 2.63. The van der Waals surface area contributed by atoms with Gasteiger partial charge < -0.3 is 9.64 Å². The molecule has 6 heteroatoms. The van der Waals surface area contributed by atoms with E-state index in [1.807, 2.05) is 0 Å². The molecule has 0 amide bonds. The summed E-state index contributed by atoms with van der Waals surface area (Å²) in [7, 11) is 0. The van der Waals surface area contributed by atoms with Crippen molar-refractivity contribution in [2.75, 3.05) is 19.7 Å². The molecule has 0 spiro atoms. The van der Waals surface area contributed by atoms with Crippen LogP contribution in [-0.2, 0) is 4.79 Å². The minimum absolute atomic E-state index is 0.0698. The monoisotopic (exact) mass is 302 g/mol. The Morgan fingerprint density at radius 2 is 2.14 bits per heavy atom. The summed E-state index contributed by atoms with van der Waals surface area (Å²) in [4.78, 5) is 25.1. The van der Waals surface area contributed by atoms with Crippen LogP contribution in [0.4, 0.5) is 5.69 Å². The first-order valence-electron chi connectivity index (χ1n) is 7.52. The molecule has 0 atom stereocenters. The number of ether oxygens (including phenoxy) is 1. The number of nitro benzene ring substituents is 1. The molecule has 116 valence electrons. The highest BCUT2D eigenvalue weighted by Gasteiger charge is 2.36. The van der Waals surface area contributed by atoms with Crippen molar-refractivity contribution in [1.82, 2.24) is 4.90 Å². The average Bonchev–Trinajstić information content (AvgIpc) is 2.52. The molecule has 3 aliphatic heterocycles. The summed E-state index contributed by atoms with van der Waals surface area (Å²) in [6.07, 6.45) is 3.59. The molecule has 1 aromatic carbocycles.